The number of hydrogen-bond donors (Lipinski definition) is 3. The van der Waals surface area contributed by atoms with Gasteiger partial charge in [0, 0.05) is 0 Å². The van der Waals surface area contributed by atoms with E-state index in [1.165, 1.54) is 6.42 Å². The van der Waals surface area contributed by atoms with E-state index in [1.54, 1.807) is 0 Å². The highest BCUT2D eigenvalue weighted by Crippen LogP contribution is 2.77. The molecule has 0 bridgehead atoms. The standard InChI is InChI=1S/C30H50O4/c1-25(2)14-15-30(24(33)34)19(16-25)18-8-9-21-27(5)12-11-22(31)26(3,4)20(27)10-13-28(21,6)29(18,7)17-23(30)32/h18-23,31-32H,8-17H2,1-7H3,(H,33,34)/t18-,19-,20?,21-,22+,23-,27+,28-,29-,30-/m1/s1. The Labute approximate surface area is 207 Å². The largest absolute Gasteiger partial charge is 0.481 e. The molecule has 5 aliphatic carbocycles. The Kier molecular flexibility index (Phi) is 5.34. The van der Waals surface area contributed by atoms with Crippen LogP contribution in [0.3, 0.4) is 0 Å². The van der Waals surface area contributed by atoms with Crippen molar-refractivity contribution in [2.75, 3.05) is 0 Å². The van der Waals surface area contributed by atoms with Crippen LogP contribution < -0.4 is 0 Å². The fourth-order valence-electron chi connectivity index (χ4n) is 11.5. The van der Waals surface area contributed by atoms with Gasteiger partial charge in [-0.3, -0.25) is 4.79 Å². The minimum absolute atomic E-state index is 0.0513. The molecule has 194 valence electrons. The van der Waals surface area contributed by atoms with E-state index in [9.17, 15) is 20.1 Å². The molecule has 5 aliphatic rings. The normalized spacial score (nSPS) is 55.8. The minimum Gasteiger partial charge on any atom is -0.481 e. The van der Waals surface area contributed by atoms with Crippen LogP contribution in [0.2, 0.25) is 0 Å². The lowest BCUT2D eigenvalue weighted by Gasteiger charge is -2.74. The average Bonchev–Trinajstić information content (AvgIpc) is 2.71. The summed E-state index contributed by atoms with van der Waals surface area (Å²) < 4.78 is 0. The van der Waals surface area contributed by atoms with Gasteiger partial charge in [-0.2, -0.15) is 0 Å². The third-order valence-electron chi connectivity index (χ3n) is 13.7. The van der Waals surface area contributed by atoms with E-state index in [4.69, 9.17) is 0 Å². The van der Waals surface area contributed by atoms with Crippen molar-refractivity contribution in [1.82, 2.24) is 0 Å². The number of aliphatic carboxylic acids is 1. The van der Waals surface area contributed by atoms with E-state index in [0.29, 0.717) is 30.6 Å². The number of carbonyl (C=O) groups is 1. The van der Waals surface area contributed by atoms with E-state index < -0.39 is 17.5 Å². The lowest BCUT2D eigenvalue weighted by Crippen LogP contribution is -2.70. The molecule has 5 fully saturated rings. The molecule has 0 amide bonds. The molecule has 0 spiro atoms. The van der Waals surface area contributed by atoms with Crippen molar-refractivity contribution < 1.29 is 20.1 Å². The Balaban J connectivity index is 1.58. The van der Waals surface area contributed by atoms with Gasteiger partial charge in [-0.05, 0) is 115 Å². The van der Waals surface area contributed by atoms with Crippen molar-refractivity contribution in [3.05, 3.63) is 0 Å². The van der Waals surface area contributed by atoms with Crippen LogP contribution in [0.25, 0.3) is 0 Å². The summed E-state index contributed by atoms with van der Waals surface area (Å²) in [5, 5.41) is 33.1. The summed E-state index contributed by atoms with van der Waals surface area (Å²) in [4.78, 5) is 12.8. The molecular formula is C30H50O4. The fourth-order valence-corrected chi connectivity index (χ4v) is 11.5. The van der Waals surface area contributed by atoms with Crippen LogP contribution in [0.5, 0.6) is 0 Å². The van der Waals surface area contributed by atoms with Crippen molar-refractivity contribution in [1.29, 1.82) is 0 Å². The molecule has 4 heteroatoms. The lowest BCUT2D eigenvalue weighted by molar-refractivity contribution is -0.273. The maximum absolute atomic E-state index is 12.8. The van der Waals surface area contributed by atoms with E-state index >= 15 is 0 Å². The van der Waals surface area contributed by atoms with Gasteiger partial charge in [0.15, 0.2) is 0 Å². The lowest BCUT2D eigenvalue weighted by atomic mass is 9.31. The van der Waals surface area contributed by atoms with Crippen molar-refractivity contribution >= 4 is 5.97 Å². The first-order valence-electron chi connectivity index (χ1n) is 14.2. The topological polar surface area (TPSA) is 77.8 Å². The monoisotopic (exact) mass is 474 g/mol. The van der Waals surface area contributed by atoms with Gasteiger partial charge in [-0.25, -0.2) is 0 Å². The summed E-state index contributed by atoms with van der Waals surface area (Å²) >= 11 is 0. The predicted molar refractivity (Wildman–Crippen MR) is 134 cm³/mol. The number of aliphatic hydroxyl groups excluding tert-OH is 2. The predicted octanol–water partition coefficient (Wildman–Crippen LogP) is 6.28. The van der Waals surface area contributed by atoms with Crippen LogP contribution in [0.1, 0.15) is 113 Å². The van der Waals surface area contributed by atoms with Crippen molar-refractivity contribution in [2.45, 2.75) is 125 Å². The minimum atomic E-state index is -0.971. The highest BCUT2D eigenvalue weighted by atomic mass is 16.4. The van der Waals surface area contributed by atoms with Gasteiger partial charge in [0.25, 0.3) is 0 Å². The molecule has 1 unspecified atom stereocenters. The van der Waals surface area contributed by atoms with Crippen molar-refractivity contribution in [3.63, 3.8) is 0 Å². The zero-order valence-corrected chi connectivity index (χ0v) is 22.8. The molecule has 0 aromatic heterocycles. The molecule has 5 rings (SSSR count). The second-order valence-corrected chi connectivity index (χ2v) is 15.6. The molecule has 10 atom stereocenters. The summed E-state index contributed by atoms with van der Waals surface area (Å²) in [5.41, 5.74) is -0.674. The molecule has 34 heavy (non-hydrogen) atoms. The molecule has 0 saturated heterocycles. The van der Waals surface area contributed by atoms with Gasteiger partial charge in [0.05, 0.1) is 17.6 Å². The number of rotatable bonds is 1. The van der Waals surface area contributed by atoms with Crippen molar-refractivity contribution in [3.8, 4) is 0 Å². The Morgan fingerprint density at radius 3 is 2.00 bits per heavy atom. The van der Waals surface area contributed by atoms with E-state index in [2.05, 4.69) is 48.5 Å². The Bertz CT molecular complexity index is 864. The Hall–Kier alpha value is -0.610. The SMILES string of the molecule is CC1(C)CC[C@]2(C(=O)O)[C@H](O)C[C@]3(C)[C@H](CC[C@@H]4[C@@]5(C)CC[C@H](O)C(C)(C)C5CC[C@]43C)[C@H]2C1. The first-order valence-corrected chi connectivity index (χ1v) is 14.2. The molecule has 4 nitrogen and oxygen atoms in total. The molecule has 0 heterocycles. The molecule has 0 radical (unpaired) electrons. The second-order valence-electron chi connectivity index (χ2n) is 15.6. The summed E-state index contributed by atoms with van der Waals surface area (Å²) in [6, 6.07) is 0. The first kappa shape index (κ1) is 25.1. The maximum atomic E-state index is 12.8. The van der Waals surface area contributed by atoms with Gasteiger partial charge in [-0.1, -0.05) is 48.5 Å². The summed E-state index contributed by atoms with van der Waals surface area (Å²) in [6.45, 7) is 16.6. The zero-order valence-electron chi connectivity index (χ0n) is 22.8. The molecule has 5 saturated carbocycles. The second kappa shape index (κ2) is 7.24. The molecule has 0 aromatic carbocycles. The third-order valence-corrected chi connectivity index (χ3v) is 13.7. The van der Waals surface area contributed by atoms with E-state index in [0.717, 1.165) is 44.9 Å². The summed E-state index contributed by atoms with van der Waals surface area (Å²) in [5.74, 6) is 0.731. The van der Waals surface area contributed by atoms with Crippen LogP contribution in [0.4, 0.5) is 0 Å². The zero-order chi connectivity index (χ0) is 25.1. The Morgan fingerprint density at radius 2 is 1.35 bits per heavy atom. The average molecular weight is 475 g/mol. The highest BCUT2D eigenvalue weighted by Gasteiger charge is 2.73. The first-order chi connectivity index (χ1) is 15.6. The Morgan fingerprint density at radius 1 is 0.676 bits per heavy atom. The van der Waals surface area contributed by atoms with Gasteiger partial charge in [0.1, 0.15) is 0 Å². The maximum Gasteiger partial charge on any atom is 0.312 e. The third kappa shape index (κ3) is 2.88. The van der Waals surface area contributed by atoms with E-state index in [-0.39, 0.29) is 39.1 Å². The smallest absolute Gasteiger partial charge is 0.312 e. The van der Waals surface area contributed by atoms with Crippen LogP contribution in [-0.4, -0.2) is 33.5 Å². The fraction of sp³-hybridized carbons (Fsp3) is 0.967. The number of hydrogen-bond acceptors (Lipinski definition) is 3. The van der Waals surface area contributed by atoms with Crippen LogP contribution in [-0.2, 0) is 4.79 Å². The quantitative estimate of drug-likeness (QED) is 0.418. The van der Waals surface area contributed by atoms with Crippen LogP contribution in [0, 0.1) is 56.2 Å². The van der Waals surface area contributed by atoms with Gasteiger partial charge in [0.2, 0.25) is 0 Å². The summed E-state index contributed by atoms with van der Waals surface area (Å²) in [7, 11) is 0. The number of fused-ring (bicyclic) bond motifs is 7. The number of carboxylic acids is 1. The van der Waals surface area contributed by atoms with Crippen LogP contribution in [0.15, 0.2) is 0 Å². The highest BCUT2D eigenvalue weighted by molar-refractivity contribution is 5.76. The molecule has 0 aliphatic heterocycles. The van der Waals surface area contributed by atoms with E-state index in [1.807, 2.05) is 0 Å². The molecule has 0 aromatic rings. The van der Waals surface area contributed by atoms with Crippen LogP contribution >= 0.6 is 0 Å². The van der Waals surface area contributed by atoms with Gasteiger partial charge in [-0.15, -0.1) is 0 Å². The van der Waals surface area contributed by atoms with Gasteiger partial charge < -0.3 is 15.3 Å². The number of aliphatic hydroxyl groups is 2. The number of carboxylic acid groups (broad SMARTS) is 1. The van der Waals surface area contributed by atoms with Crippen molar-refractivity contribution in [2.24, 2.45) is 56.2 Å². The molecular weight excluding hydrogens is 424 g/mol. The van der Waals surface area contributed by atoms with Gasteiger partial charge >= 0.3 is 5.97 Å². The summed E-state index contributed by atoms with van der Waals surface area (Å²) in [6.07, 6.45) is 8.52. The molecule has 3 N–H and O–H groups in total.